The normalized spacial score (nSPS) is 16.8. The molecule has 0 atom stereocenters. The number of thiazole rings is 1. The molecular weight excluding hydrogens is 420 g/mol. The van der Waals surface area contributed by atoms with E-state index in [1.165, 1.54) is 21.7 Å². The molecule has 2 aliphatic heterocycles. The zero-order chi connectivity index (χ0) is 21.9. The molecule has 6 nitrogen and oxygen atoms in total. The van der Waals surface area contributed by atoms with Crippen LogP contribution in [0, 0.1) is 0 Å². The Kier molecular flexibility index (Phi) is 6.39. The number of morpholine rings is 1. The van der Waals surface area contributed by atoms with Gasteiger partial charge in [0.15, 0.2) is 5.13 Å². The van der Waals surface area contributed by atoms with Crippen molar-refractivity contribution in [1.29, 1.82) is 0 Å². The molecule has 1 aromatic carbocycles. The van der Waals surface area contributed by atoms with Crippen LogP contribution in [0.25, 0.3) is 0 Å². The van der Waals surface area contributed by atoms with Gasteiger partial charge in [-0.15, -0.1) is 11.3 Å². The number of hydrogen-bond donors (Lipinski definition) is 0. The fourth-order valence-corrected chi connectivity index (χ4v) is 5.69. The van der Waals surface area contributed by atoms with Gasteiger partial charge in [0.1, 0.15) is 0 Å². The molecule has 1 fully saturated rings. The molecule has 0 bridgehead atoms. The standard InChI is InChI=1S/C25H30N4O2S/c1-27-23-9-10-28(18-22-16-26-25(32-22)29-11-13-31-14-12-29)17-21(23)15-20(24(27)30)8-7-19-5-3-2-4-6-19/h2-6,15-16H,7-14,17-18H2,1H3. The van der Waals surface area contributed by atoms with E-state index < -0.39 is 0 Å². The van der Waals surface area contributed by atoms with E-state index in [0.717, 1.165) is 75.9 Å². The summed E-state index contributed by atoms with van der Waals surface area (Å²) in [5, 5.41) is 1.10. The van der Waals surface area contributed by atoms with Crippen LogP contribution in [-0.4, -0.2) is 47.3 Å². The van der Waals surface area contributed by atoms with Gasteiger partial charge in [-0.3, -0.25) is 9.69 Å². The predicted molar refractivity (Wildman–Crippen MR) is 128 cm³/mol. The summed E-state index contributed by atoms with van der Waals surface area (Å²) in [7, 11) is 1.93. The number of benzene rings is 1. The highest BCUT2D eigenvalue weighted by atomic mass is 32.1. The first-order valence-electron chi connectivity index (χ1n) is 11.4. The quantitative estimate of drug-likeness (QED) is 0.578. The average Bonchev–Trinajstić information content (AvgIpc) is 3.30. The van der Waals surface area contributed by atoms with Crippen molar-refractivity contribution in [2.24, 2.45) is 7.05 Å². The Morgan fingerprint density at radius 3 is 2.72 bits per heavy atom. The van der Waals surface area contributed by atoms with Crippen LogP contribution in [0.4, 0.5) is 5.13 Å². The maximum atomic E-state index is 12.9. The smallest absolute Gasteiger partial charge is 0.253 e. The number of pyridine rings is 1. The van der Waals surface area contributed by atoms with E-state index in [2.05, 4.69) is 45.1 Å². The third-order valence-electron chi connectivity index (χ3n) is 6.49. The minimum Gasteiger partial charge on any atom is -0.378 e. The molecule has 168 valence electrons. The second-order valence-electron chi connectivity index (χ2n) is 8.66. The van der Waals surface area contributed by atoms with Gasteiger partial charge < -0.3 is 14.2 Å². The first-order valence-corrected chi connectivity index (χ1v) is 12.2. The zero-order valence-electron chi connectivity index (χ0n) is 18.6. The van der Waals surface area contributed by atoms with Crippen LogP contribution in [0.5, 0.6) is 0 Å². The van der Waals surface area contributed by atoms with Crippen molar-refractivity contribution in [2.45, 2.75) is 32.4 Å². The second-order valence-corrected chi connectivity index (χ2v) is 9.75. The number of ether oxygens (including phenoxy) is 1. The van der Waals surface area contributed by atoms with Crippen molar-refractivity contribution in [3.8, 4) is 0 Å². The van der Waals surface area contributed by atoms with Crippen LogP contribution in [0.15, 0.2) is 47.4 Å². The number of fused-ring (bicyclic) bond motifs is 1. The number of nitrogens with zero attached hydrogens (tertiary/aromatic N) is 4. The summed E-state index contributed by atoms with van der Waals surface area (Å²) in [6, 6.07) is 12.6. The van der Waals surface area contributed by atoms with Crippen molar-refractivity contribution in [2.75, 3.05) is 37.7 Å². The van der Waals surface area contributed by atoms with E-state index in [1.807, 2.05) is 23.9 Å². The van der Waals surface area contributed by atoms with Crippen LogP contribution >= 0.6 is 11.3 Å². The van der Waals surface area contributed by atoms with Gasteiger partial charge >= 0.3 is 0 Å². The third-order valence-corrected chi connectivity index (χ3v) is 7.53. The van der Waals surface area contributed by atoms with Crippen LogP contribution in [0.1, 0.15) is 27.3 Å². The summed E-state index contributed by atoms with van der Waals surface area (Å²) in [6.07, 6.45) is 4.61. The molecule has 4 heterocycles. The molecule has 5 rings (SSSR count). The van der Waals surface area contributed by atoms with Crippen molar-refractivity contribution in [3.05, 3.63) is 80.2 Å². The minimum absolute atomic E-state index is 0.158. The SMILES string of the molecule is Cn1c2c(cc(CCc3ccccc3)c1=O)CN(Cc1cnc(N3CCOCC3)s1)CC2. The molecule has 0 saturated carbocycles. The first-order chi connectivity index (χ1) is 15.7. The molecule has 32 heavy (non-hydrogen) atoms. The van der Waals surface area contributed by atoms with Gasteiger partial charge in [0, 0.05) is 68.5 Å². The monoisotopic (exact) mass is 450 g/mol. The molecule has 0 N–H and O–H groups in total. The van der Waals surface area contributed by atoms with Crippen molar-refractivity contribution in [3.63, 3.8) is 0 Å². The summed E-state index contributed by atoms with van der Waals surface area (Å²) in [6.45, 7) is 6.16. The van der Waals surface area contributed by atoms with E-state index in [-0.39, 0.29) is 5.56 Å². The number of anilines is 1. The number of rotatable bonds is 6. The Balaban J connectivity index is 1.28. The van der Waals surface area contributed by atoms with E-state index in [9.17, 15) is 4.79 Å². The molecule has 3 aromatic rings. The Morgan fingerprint density at radius 1 is 1.09 bits per heavy atom. The van der Waals surface area contributed by atoms with E-state index in [4.69, 9.17) is 4.74 Å². The summed E-state index contributed by atoms with van der Waals surface area (Å²) in [4.78, 5) is 23.7. The van der Waals surface area contributed by atoms with Gasteiger partial charge in [-0.1, -0.05) is 30.3 Å². The molecule has 0 unspecified atom stereocenters. The van der Waals surface area contributed by atoms with Gasteiger partial charge in [-0.2, -0.15) is 0 Å². The molecule has 0 amide bonds. The molecule has 0 radical (unpaired) electrons. The molecule has 2 aliphatic rings. The molecule has 0 spiro atoms. The Bertz CT molecular complexity index is 1120. The number of aromatic nitrogens is 2. The molecule has 1 saturated heterocycles. The van der Waals surface area contributed by atoms with Gasteiger partial charge in [0.05, 0.1) is 13.2 Å². The summed E-state index contributed by atoms with van der Waals surface area (Å²) >= 11 is 1.79. The van der Waals surface area contributed by atoms with Crippen LogP contribution in [-0.2, 0) is 44.1 Å². The average molecular weight is 451 g/mol. The largest absolute Gasteiger partial charge is 0.378 e. The molecular formula is C25H30N4O2S. The summed E-state index contributed by atoms with van der Waals surface area (Å²) < 4.78 is 7.34. The maximum Gasteiger partial charge on any atom is 0.253 e. The highest BCUT2D eigenvalue weighted by molar-refractivity contribution is 7.15. The fraction of sp³-hybridized carbons (Fsp3) is 0.440. The lowest BCUT2D eigenvalue weighted by atomic mass is 9.99. The van der Waals surface area contributed by atoms with Crippen LogP contribution < -0.4 is 10.5 Å². The predicted octanol–water partition coefficient (Wildman–Crippen LogP) is 3.02. The minimum atomic E-state index is 0.158. The highest BCUT2D eigenvalue weighted by Gasteiger charge is 2.22. The molecule has 2 aromatic heterocycles. The Morgan fingerprint density at radius 2 is 1.91 bits per heavy atom. The summed E-state index contributed by atoms with van der Waals surface area (Å²) in [5.74, 6) is 0. The van der Waals surface area contributed by atoms with E-state index in [0.29, 0.717) is 0 Å². The Labute approximate surface area is 193 Å². The highest BCUT2D eigenvalue weighted by Crippen LogP contribution is 2.27. The first kappa shape index (κ1) is 21.4. The molecule has 0 aliphatic carbocycles. The fourth-order valence-electron chi connectivity index (χ4n) is 4.69. The van der Waals surface area contributed by atoms with E-state index in [1.54, 1.807) is 11.3 Å². The maximum absolute atomic E-state index is 12.9. The number of hydrogen-bond acceptors (Lipinski definition) is 6. The van der Waals surface area contributed by atoms with Crippen molar-refractivity contribution in [1.82, 2.24) is 14.5 Å². The van der Waals surface area contributed by atoms with Crippen molar-refractivity contribution >= 4 is 16.5 Å². The Hall–Kier alpha value is -2.48. The van der Waals surface area contributed by atoms with Crippen LogP contribution in [0.3, 0.4) is 0 Å². The lowest BCUT2D eigenvalue weighted by molar-refractivity contribution is 0.122. The lowest BCUT2D eigenvalue weighted by Gasteiger charge is -2.30. The van der Waals surface area contributed by atoms with Crippen LogP contribution in [0.2, 0.25) is 0 Å². The molecule has 7 heteroatoms. The van der Waals surface area contributed by atoms with Gasteiger partial charge in [0.25, 0.3) is 5.56 Å². The van der Waals surface area contributed by atoms with Gasteiger partial charge in [-0.05, 0) is 30.0 Å². The third kappa shape index (κ3) is 4.65. The topological polar surface area (TPSA) is 50.6 Å². The van der Waals surface area contributed by atoms with Gasteiger partial charge in [0.2, 0.25) is 0 Å². The van der Waals surface area contributed by atoms with Gasteiger partial charge in [-0.25, -0.2) is 4.98 Å². The zero-order valence-corrected chi connectivity index (χ0v) is 19.4. The second kappa shape index (κ2) is 9.57. The summed E-state index contributed by atoms with van der Waals surface area (Å²) in [5.41, 5.74) is 4.83. The van der Waals surface area contributed by atoms with Crippen molar-refractivity contribution < 1.29 is 4.74 Å². The number of aryl methyl sites for hydroxylation is 2. The van der Waals surface area contributed by atoms with E-state index >= 15 is 0 Å². The lowest BCUT2D eigenvalue weighted by Crippen LogP contribution is -2.36.